The van der Waals surface area contributed by atoms with E-state index >= 15 is 0 Å². The average molecular weight is 298 g/mol. The zero-order chi connectivity index (χ0) is 14.8. The normalized spacial score (nSPS) is 12.5. The van der Waals surface area contributed by atoms with Crippen molar-refractivity contribution in [1.82, 2.24) is 0 Å². The van der Waals surface area contributed by atoms with Crippen molar-refractivity contribution >= 4 is 21.4 Å². The zero-order valence-corrected chi connectivity index (χ0v) is 13.0. The topological polar surface area (TPSA) is 29.5 Å². The molecule has 0 saturated heterocycles. The number of aliphatic hydroxyl groups excluding tert-OH is 1. The first-order valence-corrected chi connectivity index (χ1v) is 7.84. The van der Waals surface area contributed by atoms with E-state index in [1.165, 1.54) is 10.3 Å². The van der Waals surface area contributed by atoms with Crippen LogP contribution in [0.2, 0.25) is 0 Å². The number of hydrogen-bond acceptors (Lipinski definition) is 3. The first-order chi connectivity index (χ1) is 10.2. The van der Waals surface area contributed by atoms with Crippen LogP contribution in [0, 0.1) is 6.92 Å². The number of thiophene rings is 1. The van der Waals surface area contributed by atoms with Crippen LogP contribution in [0.1, 0.15) is 22.8 Å². The monoisotopic (exact) mass is 298 g/mol. The molecular formula is C18H18O2S. The molecule has 2 nitrogen and oxygen atoms in total. The van der Waals surface area contributed by atoms with Crippen LogP contribution >= 0.6 is 11.3 Å². The Morgan fingerprint density at radius 3 is 2.81 bits per heavy atom. The molecule has 108 valence electrons. The number of hydrogen-bond donors (Lipinski definition) is 1. The Morgan fingerprint density at radius 1 is 1.19 bits per heavy atom. The highest BCUT2D eigenvalue weighted by atomic mass is 32.1. The van der Waals surface area contributed by atoms with Crippen molar-refractivity contribution in [1.29, 1.82) is 0 Å². The van der Waals surface area contributed by atoms with Gasteiger partial charge < -0.3 is 9.84 Å². The van der Waals surface area contributed by atoms with E-state index in [2.05, 4.69) is 30.5 Å². The van der Waals surface area contributed by atoms with Crippen molar-refractivity contribution in [2.45, 2.75) is 19.4 Å². The fourth-order valence-electron chi connectivity index (χ4n) is 2.64. The smallest absolute Gasteiger partial charge is 0.122 e. The van der Waals surface area contributed by atoms with Crippen LogP contribution in [0.15, 0.2) is 47.8 Å². The van der Waals surface area contributed by atoms with Gasteiger partial charge in [0.1, 0.15) is 5.75 Å². The molecule has 21 heavy (non-hydrogen) atoms. The Balaban J connectivity index is 1.93. The molecule has 0 spiro atoms. The minimum atomic E-state index is -0.517. The molecule has 0 radical (unpaired) electrons. The summed E-state index contributed by atoms with van der Waals surface area (Å²) in [6.07, 6.45) is 0.0443. The second-order valence-electron chi connectivity index (χ2n) is 5.22. The van der Waals surface area contributed by atoms with Gasteiger partial charge in [0, 0.05) is 11.1 Å². The molecule has 0 amide bonds. The predicted octanol–water partition coefficient (Wildman–Crippen LogP) is 4.49. The molecule has 1 aromatic heterocycles. The van der Waals surface area contributed by atoms with Crippen molar-refractivity contribution in [2.24, 2.45) is 0 Å². The Hall–Kier alpha value is -1.84. The molecule has 3 rings (SSSR count). The highest BCUT2D eigenvalue weighted by molar-refractivity contribution is 7.17. The number of benzene rings is 2. The van der Waals surface area contributed by atoms with Gasteiger partial charge in [-0.25, -0.2) is 0 Å². The molecule has 3 heteroatoms. The van der Waals surface area contributed by atoms with Crippen LogP contribution < -0.4 is 4.74 Å². The third-order valence-corrected chi connectivity index (χ3v) is 4.70. The molecule has 0 aliphatic carbocycles. The van der Waals surface area contributed by atoms with E-state index in [9.17, 15) is 5.11 Å². The lowest BCUT2D eigenvalue weighted by molar-refractivity contribution is 0.179. The molecular weight excluding hydrogens is 280 g/mol. The van der Waals surface area contributed by atoms with Crippen LogP contribution in [0.4, 0.5) is 0 Å². The van der Waals surface area contributed by atoms with Gasteiger partial charge in [-0.05, 0) is 40.9 Å². The summed E-state index contributed by atoms with van der Waals surface area (Å²) in [6.45, 7) is 2.05. The summed E-state index contributed by atoms with van der Waals surface area (Å²) < 4.78 is 6.61. The van der Waals surface area contributed by atoms with Crippen molar-refractivity contribution in [3.63, 3.8) is 0 Å². The Morgan fingerprint density at radius 2 is 2.00 bits per heavy atom. The summed E-state index contributed by atoms with van der Waals surface area (Å²) >= 11 is 1.67. The molecule has 3 aromatic rings. The maximum atomic E-state index is 10.6. The van der Waals surface area contributed by atoms with Crippen molar-refractivity contribution in [3.05, 3.63) is 64.5 Å². The number of aliphatic hydroxyl groups is 1. The first-order valence-electron chi connectivity index (χ1n) is 6.96. The third kappa shape index (κ3) is 2.80. The third-order valence-electron chi connectivity index (χ3n) is 3.72. The lowest BCUT2D eigenvalue weighted by Gasteiger charge is -2.14. The van der Waals surface area contributed by atoms with E-state index in [-0.39, 0.29) is 0 Å². The van der Waals surface area contributed by atoms with Gasteiger partial charge in [0.2, 0.25) is 0 Å². The number of aryl methyl sites for hydroxylation is 1. The largest absolute Gasteiger partial charge is 0.496 e. The van der Waals surface area contributed by atoms with E-state index < -0.39 is 6.10 Å². The summed E-state index contributed by atoms with van der Waals surface area (Å²) in [7, 11) is 1.67. The van der Waals surface area contributed by atoms with E-state index in [1.807, 2.05) is 24.3 Å². The molecule has 1 atom stereocenters. The molecule has 0 saturated carbocycles. The highest BCUT2D eigenvalue weighted by Crippen LogP contribution is 2.33. The maximum absolute atomic E-state index is 10.6. The molecule has 2 aromatic carbocycles. The lowest BCUT2D eigenvalue weighted by atomic mass is 9.99. The van der Waals surface area contributed by atoms with Gasteiger partial charge in [0.05, 0.1) is 13.2 Å². The Labute approximate surface area is 128 Å². The van der Waals surface area contributed by atoms with Crippen molar-refractivity contribution in [2.75, 3.05) is 7.11 Å². The summed E-state index contributed by atoms with van der Waals surface area (Å²) in [5.74, 6) is 0.833. The Kier molecular flexibility index (Phi) is 3.95. The number of methoxy groups -OCH3 is 1. The fourth-order valence-corrected chi connectivity index (χ4v) is 3.65. The molecule has 0 fully saturated rings. The van der Waals surface area contributed by atoms with Crippen LogP contribution in [0.5, 0.6) is 5.75 Å². The van der Waals surface area contributed by atoms with Gasteiger partial charge in [-0.3, -0.25) is 0 Å². The Bertz CT molecular complexity index is 761. The van der Waals surface area contributed by atoms with Gasteiger partial charge in [-0.1, -0.05) is 35.9 Å². The standard InChI is InChI=1S/C18H18O2S/c1-12-7-8-17(20-2)13(9-12)10-16(19)15-11-21-18-6-4-3-5-14(15)18/h3-9,11,16,19H,10H2,1-2H3. The predicted molar refractivity (Wildman–Crippen MR) is 88.2 cm³/mol. The quantitative estimate of drug-likeness (QED) is 0.768. The second kappa shape index (κ2) is 5.88. The van der Waals surface area contributed by atoms with E-state index in [0.717, 1.165) is 22.3 Å². The lowest BCUT2D eigenvalue weighted by Crippen LogP contribution is -2.03. The van der Waals surface area contributed by atoms with Crippen LogP contribution in [-0.2, 0) is 6.42 Å². The molecule has 1 heterocycles. The van der Waals surface area contributed by atoms with Crippen molar-refractivity contribution in [3.8, 4) is 5.75 Å². The summed E-state index contributed by atoms with van der Waals surface area (Å²) in [4.78, 5) is 0. The summed E-state index contributed by atoms with van der Waals surface area (Å²) in [6, 6.07) is 14.3. The molecule has 1 N–H and O–H groups in total. The van der Waals surface area contributed by atoms with Crippen LogP contribution in [-0.4, -0.2) is 12.2 Å². The summed E-state index contributed by atoms with van der Waals surface area (Å²) in [5.41, 5.74) is 3.22. The average Bonchev–Trinajstić information content (AvgIpc) is 2.91. The minimum absolute atomic E-state index is 0.517. The highest BCUT2D eigenvalue weighted by Gasteiger charge is 2.16. The van der Waals surface area contributed by atoms with Crippen molar-refractivity contribution < 1.29 is 9.84 Å². The SMILES string of the molecule is COc1ccc(C)cc1CC(O)c1csc2ccccc12. The van der Waals surface area contributed by atoms with E-state index in [0.29, 0.717) is 6.42 Å². The second-order valence-corrected chi connectivity index (χ2v) is 6.13. The van der Waals surface area contributed by atoms with Gasteiger partial charge in [-0.2, -0.15) is 0 Å². The fraction of sp³-hybridized carbons (Fsp3) is 0.222. The number of ether oxygens (including phenoxy) is 1. The maximum Gasteiger partial charge on any atom is 0.122 e. The molecule has 1 unspecified atom stereocenters. The summed E-state index contributed by atoms with van der Waals surface area (Å²) in [5, 5.41) is 13.8. The molecule has 0 aliphatic heterocycles. The number of rotatable bonds is 4. The van der Waals surface area contributed by atoms with E-state index in [4.69, 9.17) is 4.74 Å². The van der Waals surface area contributed by atoms with Crippen LogP contribution in [0.25, 0.3) is 10.1 Å². The van der Waals surface area contributed by atoms with E-state index in [1.54, 1.807) is 18.4 Å². The van der Waals surface area contributed by atoms with Gasteiger partial charge in [-0.15, -0.1) is 11.3 Å². The van der Waals surface area contributed by atoms with Crippen LogP contribution in [0.3, 0.4) is 0 Å². The first kappa shape index (κ1) is 14.1. The minimum Gasteiger partial charge on any atom is -0.496 e. The van der Waals surface area contributed by atoms with Gasteiger partial charge in [0.25, 0.3) is 0 Å². The van der Waals surface area contributed by atoms with Gasteiger partial charge in [0.15, 0.2) is 0 Å². The molecule has 0 bridgehead atoms. The number of fused-ring (bicyclic) bond motifs is 1. The zero-order valence-electron chi connectivity index (χ0n) is 12.2. The van der Waals surface area contributed by atoms with Gasteiger partial charge >= 0.3 is 0 Å². The molecule has 0 aliphatic rings.